The Hall–Kier alpha value is -3.18. The third kappa shape index (κ3) is 5.92. The fourth-order valence-electron chi connectivity index (χ4n) is 3.56. The molecule has 0 bridgehead atoms. The monoisotopic (exact) mass is 434 g/mol. The van der Waals surface area contributed by atoms with Crippen molar-refractivity contribution in [3.05, 3.63) is 29.3 Å². The zero-order chi connectivity index (χ0) is 22.2. The van der Waals surface area contributed by atoms with Gasteiger partial charge < -0.3 is 30.1 Å². The van der Waals surface area contributed by atoms with Gasteiger partial charge in [0.05, 0.1) is 26.4 Å². The number of nitrogens with one attached hydrogen (secondary N) is 3. The molecule has 168 valence electrons. The van der Waals surface area contributed by atoms with Gasteiger partial charge in [-0.1, -0.05) is 6.07 Å². The van der Waals surface area contributed by atoms with Crippen molar-refractivity contribution in [1.82, 2.24) is 15.5 Å². The van der Waals surface area contributed by atoms with Crippen molar-refractivity contribution in [1.29, 1.82) is 0 Å². The van der Waals surface area contributed by atoms with Crippen LogP contribution in [-0.2, 0) is 25.6 Å². The van der Waals surface area contributed by atoms with Gasteiger partial charge in [-0.25, -0.2) is 4.79 Å². The van der Waals surface area contributed by atoms with Crippen molar-refractivity contribution in [3.63, 3.8) is 0 Å². The van der Waals surface area contributed by atoms with E-state index < -0.39 is 18.0 Å². The lowest BCUT2D eigenvalue weighted by Crippen LogP contribution is -2.52. The van der Waals surface area contributed by atoms with Crippen LogP contribution in [0, 0.1) is 0 Å². The van der Waals surface area contributed by atoms with Gasteiger partial charge in [0.1, 0.15) is 6.04 Å². The highest BCUT2D eigenvalue weighted by molar-refractivity contribution is 6.06. The number of hydrogen-bond acceptors (Lipinski definition) is 7. The molecule has 4 N–H and O–H groups in total. The second-order valence-electron chi connectivity index (χ2n) is 7.12. The quantitative estimate of drug-likeness (QED) is 0.285. The minimum atomic E-state index is -1.08. The van der Waals surface area contributed by atoms with E-state index in [1.165, 1.54) is 4.90 Å². The number of piperidine rings is 1. The molecule has 1 unspecified atom stereocenters. The molecule has 1 fully saturated rings. The van der Waals surface area contributed by atoms with Crippen LogP contribution >= 0.6 is 0 Å². The lowest BCUT2D eigenvalue weighted by molar-refractivity contribution is -0.136. The number of benzene rings is 1. The number of ether oxygens (including phenoxy) is 2. The predicted octanol–water partition coefficient (Wildman–Crippen LogP) is 0.160. The van der Waals surface area contributed by atoms with Gasteiger partial charge >= 0.3 is 6.09 Å². The number of nitrogens with zero attached hydrogens (tertiary/aromatic N) is 1. The van der Waals surface area contributed by atoms with Gasteiger partial charge in [-0.2, -0.15) is 0 Å². The molecule has 2 heterocycles. The van der Waals surface area contributed by atoms with E-state index in [1.54, 1.807) is 12.1 Å². The molecule has 0 aliphatic carbocycles. The fourth-order valence-corrected chi connectivity index (χ4v) is 3.56. The van der Waals surface area contributed by atoms with Crippen molar-refractivity contribution in [2.24, 2.45) is 0 Å². The highest BCUT2D eigenvalue weighted by Crippen LogP contribution is 2.32. The van der Waals surface area contributed by atoms with Crippen molar-refractivity contribution in [2.45, 2.75) is 25.4 Å². The Kier molecular flexibility index (Phi) is 7.79. The van der Waals surface area contributed by atoms with Gasteiger partial charge in [-0.15, -0.1) is 0 Å². The Morgan fingerprint density at radius 1 is 1.13 bits per heavy atom. The van der Waals surface area contributed by atoms with Crippen LogP contribution in [0.5, 0.6) is 0 Å². The van der Waals surface area contributed by atoms with E-state index in [4.69, 9.17) is 14.6 Å². The molecule has 2 aliphatic heterocycles. The molecule has 3 rings (SSSR count). The summed E-state index contributed by atoms with van der Waals surface area (Å²) in [6.07, 6.45) is -0.533. The smallest absolute Gasteiger partial charge is 0.404 e. The minimum Gasteiger partial charge on any atom is -0.465 e. The van der Waals surface area contributed by atoms with Crippen LogP contribution in [0.2, 0.25) is 0 Å². The number of rotatable bonds is 11. The first-order valence-corrected chi connectivity index (χ1v) is 10.1. The van der Waals surface area contributed by atoms with Crippen LogP contribution in [0.4, 0.5) is 10.5 Å². The van der Waals surface area contributed by atoms with Gasteiger partial charge in [0.25, 0.3) is 5.91 Å². The maximum absolute atomic E-state index is 12.8. The SMILES string of the molecule is O=C(O)NCCOCCOCCNc1cccc2c1CN(C1CCC(=O)NC1=O)C2=O. The first-order chi connectivity index (χ1) is 15.0. The van der Waals surface area contributed by atoms with Crippen molar-refractivity contribution >= 4 is 29.5 Å². The Labute approximate surface area is 179 Å². The largest absolute Gasteiger partial charge is 0.465 e. The first kappa shape index (κ1) is 22.5. The van der Waals surface area contributed by atoms with E-state index in [0.717, 1.165) is 11.3 Å². The molecule has 0 spiro atoms. The lowest BCUT2D eigenvalue weighted by atomic mass is 10.0. The molecule has 0 aromatic heterocycles. The van der Waals surface area contributed by atoms with E-state index in [1.807, 2.05) is 6.07 Å². The Morgan fingerprint density at radius 3 is 2.58 bits per heavy atom. The maximum atomic E-state index is 12.8. The molecule has 1 saturated heterocycles. The molecule has 1 atom stereocenters. The third-order valence-electron chi connectivity index (χ3n) is 5.04. The Balaban J connectivity index is 1.42. The summed E-state index contributed by atoms with van der Waals surface area (Å²) < 4.78 is 10.7. The highest BCUT2D eigenvalue weighted by atomic mass is 16.5. The number of fused-ring (bicyclic) bond motifs is 1. The van der Waals surface area contributed by atoms with Crippen LogP contribution in [0.25, 0.3) is 0 Å². The standard InChI is InChI=1S/C20H26N4O7/c25-17-5-4-16(18(26)23-17)24-12-14-13(19(24)27)2-1-3-15(14)21-6-8-30-10-11-31-9-7-22-20(28)29/h1-3,16,21-22H,4-12H2,(H,28,29)(H,23,25,26). The summed E-state index contributed by atoms with van der Waals surface area (Å²) in [7, 11) is 0. The number of carbonyl (C=O) groups excluding carboxylic acids is 3. The third-order valence-corrected chi connectivity index (χ3v) is 5.04. The second kappa shape index (κ2) is 10.7. The average Bonchev–Trinajstić information content (AvgIpc) is 3.06. The number of amides is 4. The molecule has 0 radical (unpaired) electrons. The van der Waals surface area contributed by atoms with Gasteiger partial charge in [-0.05, 0) is 18.6 Å². The van der Waals surface area contributed by atoms with E-state index in [0.29, 0.717) is 44.9 Å². The van der Waals surface area contributed by atoms with Crippen LogP contribution in [0.1, 0.15) is 28.8 Å². The fraction of sp³-hybridized carbons (Fsp3) is 0.500. The Bertz CT molecular complexity index is 845. The second-order valence-corrected chi connectivity index (χ2v) is 7.12. The zero-order valence-corrected chi connectivity index (χ0v) is 17.0. The molecular formula is C20H26N4O7. The van der Waals surface area contributed by atoms with Crippen LogP contribution in [0.3, 0.4) is 0 Å². The average molecular weight is 434 g/mol. The van der Waals surface area contributed by atoms with Gasteiger partial charge in [0.2, 0.25) is 11.8 Å². The van der Waals surface area contributed by atoms with Crippen LogP contribution in [0.15, 0.2) is 18.2 Å². The van der Waals surface area contributed by atoms with E-state index in [2.05, 4.69) is 16.0 Å². The van der Waals surface area contributed by atoms with Gasteiger partial charge in [0.15, 0.2) is 0 Å². The summed E-state index contributed by atoms with van der Waals surface area (Å²) >= 11 is 0. The molecule has 2 aliphatic rings. The van der Waals surface area contributed by atoms with Crippen molar-refractivity contribution < 1.29 is 33.8 Å². The molecule has 11 heteroatoms. The van der Waals surface area contributed by atoms with Crippen molar-refractivity contribution in [2.75, 3.05) is 44.8 Å². The number of imide groups is 1. The van der Waals surface area contributed by atoms with E-state index >= 15 is 0 Å². The molecule has 4 amide bonds. The van der Waals surface area contributed by atoms with Crippen molar-refractivity contribution in [3.8, 4) is 0 Å². The molecule has 1 aromatic rings. The molecule has 0 saturated carbocycles. The van der Waals surface area contributed by atoms with Crippen LogP contribution in [-0.4, -0.2) is 79.4 Å². The predicted molar refractivity (Wildman–Crippen MR) is 109 cm³/mol. The van der Waals surface area contributed by atoms with E-state index in [9.17, 15) is 19.2 Å². The normalized spacial score (nSPS) is 18.0. The number of carbonyl (C=O) groups is 4. The summed E-state index contributed by atoms with van der Waals surface area (Å²) in [5.41, 5.74) is 2.19. The molecule has 31 heavy (non-hydrogen) atoms. The van der Waals surface area contributed by atoms with Crippen LogP contribution < -0.4 is 16.0 Å². The Morgan fingerprint density at radius 2 is 1.87 bits per heavy atom. The summed E-state index contributed by atoms with van der Waals surface area (Å²) in [5, 5.41) is 16.2. The summed E-state index contributed by atoms with van der Waals surface area (Å²) in [6, 6.07) is 4.76. The first-order valence-electron chi connectivity index (χ1n) is 10.1. The highest BCUT2D eigenvalue weighted by Gasteiger charge is 2.39. The summed E-state index contributed by atoms with van der Waals surface area (Å²) in [4.78, 5) is 48.1. The van der Waals surface area contributed by atoms with Gasteiger partial charge in [0, 0.05) is 42.9 Å². The summed E-state index contributed by atoms with van der Waals surface area (Å²) in [5.74, 6) is -0.949. The number of anilines is 1. The zero-order valence-electron chi connectivity index (χ0n) is 17.0. The van der Waals surface area contributed by atoms with E-state index in [-0.39, 0.29) is 31.4 Å². The topological polar surface area (TPSA) is 146 Å². The maximum Gasteiger partial charge on any atom is 0.404 e. The molecule has 11 nitrogen and oxygen atoms in total. The van der Waals surface area contributed by atoms with Gasteiger partial charge in [-0.3, -0.25) is 19.7 Å². The summed E-state index contributed by atoms with van der Waals surface area (Å²) in [6.45, 7) is 2.49. The number of hydrogen-bond donors (Lipinski definition) is 4. The minimum absolute atomic E-state index is 0.209. The lowest BCUT2D eigenvalue weighted by Gasteiger charge is -2.29. The molecular weight excluding hydrogens is 408 g/mol. The number of carboxylic acid groups (broad SMARTS) is 1. The molecule has 1 aromatic carbocycles.